The lowest BCUT2D eigenvalue weighted by Crippen LogP contribution is -2.02. The van der Waals surface area contributed by atoms with Gasteiger partial charge in [0, 0.05) is 5.92 Å². The van der Waals surface area contributed by atoms with Gasteiger partial charge in [-0.1, -0.05) is 13.8 Å². The average molecular weight is 194 g/mol. The Bertz CT molecular complexity index is 377. The van der Waals surface area contributed by atoms with E-state index in [1.54, 1.807) is 29.4 Å². The summed E-state index contributed by atoms with van der Waals surface area (Å²) in [5.74, 6) is 1.36. The lowest BCUT2D eigenvalue weighted by molar-refractivity contribution is 0.719. The molecule has 0 radical (unpaired) electrons. The van der Waals surface area contributed by atoms with Gasteiger partial charge in [0.15, 0.2) is 0 Å². The van der Waals surface area contributed by atoms with E-state index < -0.39 is 0 Å². The van der Waals surface area contributed by atoms with Crippen molar-refractivity contribution in [1.82, 2.24) is 19.7 Å². The molecule has 4 nitrogen and oxygen atoms in total. The third-order valence-electron chi connectivity index (χ3n) is 1.72. The molecular weight excluding hydrogens is 184 g/mol. The van der Waals surface area contributed by atoms with Gasteiger partial charge < -0.3 is 0 Å². The van der Waals surface area contributed by atoms with E-state index in [2.05, 4.69) is 28.9 Å². The lowest BCUT2D eigenvalue weighted by Gasteiger charge is -2.04. The Morgan fingerprint density at radius 3 is 2.92 bits per heavy atom. The third kappa shape index (κ3) is 1.47. The van der Waals surface area contributed by atoms with Gasteiger partial charge in [-0.3, -0.25) is 4.98 Å². The molecule has 0 aliphatic heterocycles. The second kappa shape index (κ2) is 3.26. The zero-order chi connectivity index (χ0) is 9.26. The van der Waals surface area contributed by atoms with Crippen molar-refractivity contribution in [2.24, 2.45) is 0 Å². The maximum Gasteiger partial charge on any atom is 0.139 e. The van der Waals surface area contributed by atoms with Gasteiger partial charge in [-0.25, -0.2) is 9.67 Å². The van der Waals surface area contributed by atoms with Crippen LogP contribution in [0.2, 0.25) is 0 Å². The minimum atomic E-state index is 0.379. The summed E-state index contributed by atoms with van der Waals surface area (Å²) in [6.07, 6.45) is 3.38. The standard InChI is InChI=1S/C8H10N4S/c1-6(2)8-10-4-11-12(8)7-3-9-5-13-7/h3-6H,1-2H3. The first kappa shape index (κ1) is 8.37. The van der Waals surface area contributed by atoms with Crippen molar-refractivity contribution in [3.63, 3.8) is 0 Å². The Morgan fingerprint density at radius 2 is 2.31 bits per heavy atom. The van der Waals surface area contributed by atoms with E-state index in [0.29, 0.717) is 5.92 Å². The molecule has 0 aromatic carbocycles. The number of hydrogen-bond donors (Lipinski definition) is 0. The Morgan fingerprint density at radius 1 is 1.46 bits per heavy atom. The van der Waals surface area contributed by atoms with Crippen LogP contribution in [0, 0.1) is 0 Å². The molecule has 2 rings (SSSR count). The van der Waals surface area contributed by atoms with Gasteiger partial charge in [0.1, 0.15) is 17.2 Å². The fourth-order valence-corrected chi connectivity index (χ4v) is 1.72. The van der Waals surface area contributed by atoms with Crippen LogP contribution in [-0.4, -0.2) is 19.7 Å². The zero-order valence-electron chi connectivity index (χ0n) is 7.51. The van der Waals surface area contributed by atoms with E-state index in [0.717, 1.165) is 10.8 Å². The molecule has 5 heteroatoms. The average Bonchev–Trinajstić information content (AvgIpc) is 2.74. The lowest BCUT2D eigenvalue weighted by atomic mass is 10.2. The molecule has 0 aliphatic rings. The van der Waals surface area contributed by atoms with Crippen molar-refractivity contribution in [2.45, 2.75) is 19.8 Å². The summed E-state index contributed by atoms with van der Waals surface area (Å²) in [6.45, 7) is 4.20. The largest absolute Gasteiger partial charge is 0.251 e. The molecule has 0 spiro atoms. The summed E-state index contributed by atoms with van der Waals surface area (Å²) < 4.78 is 1.84. The smallest absolute Gasteiger partial charge is 0.139 e. The predicted octanol–water partition coefficient (Wildman–Crippen LogP) is 1.85. The summed E-state index contributed by atoms with van der Waals surface area (Å²) in [6, 6.07) is 0. The van der Waals surface area contributed by atoms with E-state index in [1.165, 1.54) is 0 Å². The maximum atomic E-state index is 4.20. The van der Waals surface area contributed by atoms with E-state index >= 15 is 0 Å². The van der Waals surface area contributed by atoms with Crippen LogP contribution in [0.15, 0.2) is 18.0 Å². The van der Waals surface area contributed by atoms with Gasteiger partial charge in [0.25, 0.3) is 0 Å². The highest BCUT2D eigenvalue weighted by molar-refractivity contribution is 7.12. The van der Waals surface area contributed by atoms with E-state index in [-0.39, 0.29) is 0 Å². The molecule has 0 aliphatic carbocycles. The van der Waals surface area contributed by atoms with Crippen LogP contribution >= 0.6 is 11.3 Å². The zero-order valence-corrected chi connectivity index (χ0v) is 8.32. The normalized spacial score (nSPS) is 11.0. The van der Waals surface area contributed by atoms with E-state index in [4.69, 9.17) is 0 Å². The number of rotatable bonds is 2. The Hall–Kier alpha value is -1.23. The quantitative estimate of drug-likeness (QED) is 0.732. The summed E-state index contributed by atoms with van der Waals surface area (Å²) in [7, 11) is 0. The fraction of sp³-hybridized carbons (Fsp3) is 0.375. The van der Waals surface area contributed by atoms with E-state index in [9.17, 15) is 0 Å². The van der Waals surface area contributed by atoms with Crippen LogP contribution in [0.1, 0.15) is 25.6 Å². The van der Waals surface area contributed by atoms with Crippen molar-refractivity contribution in [2.75, 3.05) is 0 Å². The topological polar surface area (TPSA) is 43.6 Å². The van der Waals surface area contributed by atoms with Gasteiger partial charge in [0.2, 0.25) is 0 Å². The number of hydrogen-bond acceptors (Lipinski definition) is 4. The third-order valence-corrected chi connectivity index (χ3v) is 2.47. The summed E-state index contributed by atoms with van der Waals surface area (Å²) >= 11 is 1.56. The first-order chi connectivity index (χ1) is 6.29. The second-order valence-corrected chi connectivity index (χ2v) is 3.89. The SMILES string of the molecule is CC(C)c1ncnn1-c1cncs1. The molecule has 0 unspecified atom stereocenters. The molecule has 13 heavy (non-hydrogen) atoms. The molecule has 0 saturated heterocycles. The monoisotopic (exact) mass is 194 g/mol. The molecule has 2 aromatic heterocycles. The minimum Gasteiger partial charge on any atom is -0.251 e. The summed E-state index contributed by atoms with van der Waals surface area (Å²) in [5.41, 5.74) is 1.79. The fourth-order valence-electron chi connectivity index (χ4n) is 1.13. The predicted molar refractivity (Wildman–Crippen MR) is 51.1 cm³/mol. The van der Waals surface area contributed by atoms with Gasteiger partial charge in [-0.05, 0) is 0 Å². The summed E-state index contributed by atoms with van der Waals surface area (Å²) in [4.78, 5) is 8.21. The number of aromatic nitrogens is 4. The number of thiazole rings is 1. The van der Waals surface area contributed by atoms with Crippen molar-refractivity contribution < 1.29 is 0 Å². The van der Waals surface area contributed by atoms with Crippen molar-refractivity contribution in [3.8, 4) is 5.00 Å². The Kier molecular flexibility index (Phi) is 2.10. The second-order valence-electron chi connectivity index (χ2n) is 3.02. The molecule has 2 heterocycles. The maximum absolute atomic E-state index is 4.20. The van der Waals surface area contributed by atoms with Gasteiger partial charge in [-0.2, -0.15) is 5.10 Å². The van der Waals surface area contributed by atoms with Crippen LogP contribution in [0.25, 0.3) is 5.00 Å². The highest BCUT2D eigenvalue weighted by Crippen LogP contribution is 2.17. The van der Waals surface area contributed by atoms with Crippen molar-refractivity contribution in [3.05, 3.63) is 23.9 Å². The molecular formula is C8H10N4S. The Balaban J connectivity index is 2.46. The molecule has 0 fully saturated rings. The Labute approximate surface area is 80.3 Å². The molecule has 0 bridgehead atoms. The van der Waals surface area contributed by atoms with Crippen LogP contribution in [0.3, 0.4) is 0 Å². The first-order valence-electron chi connectivity index (χ1n) is 4.08. The van der Waals surface area contributed by atoms with Crippen molar-refractivity contribution >= 4 is 11.3 Å². The summed E-state index contributed by atoms with van der Waals surface area (Å²) in [5, 5.41) is 5.17. The van der Waals surface area contributed by atoms with Gasteiger partial charge in [-0.15, -0.1) is 11.3 Å². The van der Waals surface area contributed by atoms with E-state index in [1.807, 2.05) is 4.68 Å². The number of nitrogens with zero attached hydrogens (tertiary/aromatic N) is 4. The molecule has 0 atom stereocenters. The molecule has 0 saturated carbocycles. The van der Waals surface area contributed by atoms with Crippen LogP contribution in [-0.2, 0) is 0 Å². The molecule has 68 valence electrons. The highest BCUT2D eigenvalue weighted by atomic mass is 32.1. The molecule has 0 N–H and O–H groups in total. The molecule has 0 amide bonds. The minimum absolute atomic E-state index is 0.379. The van der Waals surface area contributed by atoms with Crippen molar-refractivity contribution in [1.29, 1.82) is 0 Å². The highest BCUT2D eigenvalue weighted by Gasteiger charge is 2.10. The van der Waals surface area contributed by atoms with Crippen LogP contribution in [0.5, 0.6) is 0 Å². The van der Waals surface area contributed by atoms with Gasteiger partial charge >= 0.3 is 0 Å². The molecule has 2 aromatic rings. The first-order valence-corrected chi connectivity index (χ1v) is 4.96. The van der Waals surface area contributed by atoms with Gasteiger partial charge in [0.05, 0.1) is 11.7 Å². The van der Waals surface area contributed by atoms with Crippen LogP contribution in [0.4, 0.5) is 0 Å². The van der Waals surface area contributed by atoms with Crippen LogP contribution < -0.4 is 0 Å².